The van der Waals surface area contributed by atoms with Gasteiger partial charge in [0.25, 0.3) is 0 Å². The third-order valence-electron chi connectivity index (χ3n) is 3.96. The minimum atomic E-state index is -0.00877. The Balaban J connectivity index is 1.45. The number of hydrogen-bond acceptors (Lipinski definition) is 7. The number of nitrogens with zero attached hydrogens (tertiary/aromatic N) is 2. The van der Waals surface area contributed by atoms with Gasteiger partial charge in [-0.3, -0.25) is 0 Å². The lowest BCUT2D eigenvalue weighted by molar-refractivity contribution is 0.173. The van der Waals surface area contributed by atoms with Crippen molar-refractivity contribution in [1.82, 2.24) is 9.97 Å². The highest BCUT2D eigenvalue weighted by atomic mass is 16.7. The zero-order chi connectivity index (χ0) is 17.8. The van der Waals surface area contributed by atoms with E-state index in [9.17, 15) is 5.11 Å². The van der Waals surface area contributed by atoms with Crippen molar-refractivity contribution in [3.05, 3.63) is 65.9 Å². The molecule has 1 aliphatic rings. The molecule has 0 amide bonds. The second-order valence-corrected chi connectivity index (χ2v) is 5.75. The highest BCUT2D eigenvalue weighted by Crippen LogP contribution is 2.35. The number of para-hydroxylation sites is 1. The summed E-state index contributed by atoms with van der Waals surface area (Å²) >= 11 is 0. The van der Waals surface area contributed by atoms with Crippen LogP contribution in [0.4, 0.5) is 17.5 Å². The molecule has 26 heavy (non-hydrogen) atoms. The van der Waals surface area contributed by atoms with Crippen molar-refractivity contribution in [2.24, 2.45) is 0 Å². The molecule has 0 bridgehead atoms. The van der Waals surface area contributed by atoms with Crippen molar-refractivity contribution in [1.29, 1.82) is 0 Å². The SMILES string of the molecule is OCc1cccc(Nc2nccc(NCc3cccc4c3OCO4)n2)c1. The van der Waals surface area contributed by atoms with Crippen LogP contribution in [0.25, 0.3) is 0 Å². The predicted molar refractivity (Wildman–Crippen MR) is 97.6 cm³/mol. The van der Waals surface area contributed by atoms with Gasteiger partial charge in [0, 0.05) is 24.0 Å². The van der Waals surface area contributed by atoms with Gasteiger partial charge in [-0.05, 0) is 29.8 Å². The Labute approximate surface area is 150 Å². The normalized spacial score (nSPS) is 12.0. The van der Waals surface area contributed by atoms with E-state index in [0.717, 1.165) is 28.3 Å². The summed E-state index contributed by atoms with van der Waals surface area (Å²) in [4.78, 5) is 8.70. The first-order chi connectivity index (χ1) is 12.8. The van der Waals surface area contributed by atoms with Crippen LogP contribution in [-0.4, -0.2) is 21.9 Å². The topological polar surface area (TPSA) is 88.5 Å². The Hall–Kier alpha value is -3.32. The first-order valence-corrected chi connectivity index (χ1v) is 8.23. The summed E-state index contributed by atoms with van der Waals surface area (Å²) in [5.41, 5.74) is 2.65. The van der Waals surface area contributed by atoms with Crippen LogP contribution in [-0.2, 0) is 13.2 Å². The van der Waals surface area contributed by atoms with Crippen molar-refractivity contribution >= 4 is 17.5 Å². The van der Waals surface area contributed by atoms with Crippen LogP contribution in [0.1, 0.15) is 11.1 Å². The fourth-order valence-electron chi connectivity index (χ4n) is 2.71. The first-order valence-electron chi connectivity index (χ1n) is 8.23. The average molecular weight is 350 g/mol. The van der Waals surface area contributed by atoms with Gasteiger partial charge in [-0.1, -0.05) is 24.3 Å². The molecule has 4 rings (SSSR count). The molecule has 0 radical (unpaired) electrons. The summed E-state index contributed by atoms with van der Waals surface area (Å²) in [5, 5.41) is 15.6. The van der Waals surface area contributed by atoms with E-state index < -0.39 is 0 Å². The fraction of sp³-hybridized carbons (Fsp3) is 0.158. The maximum absolute atomic E-state index is 9.23. The number of fused-ring (bicyclic) bond motifs is 1. The highest BCUT2D eigenvalue weighted by molar-refractivity contribution is 5.56. The quantitative estimate of drug-likeness (QED) is 0.630. The number of rotatable bonds is 6. The van der Waals surface area contributed by atoms with E-state index >= 15 is 0 Å². The summed E-state index contributed by atoms with van der Waals surface area (Å²) in [5.74, 6) is 2.70. The van der Waals surface area contributed by atoms with Crippen LogP contribution < -0.4 is 20.1 Å². The molecule has 2 heterocycles. The van der Waals surface area contributed by atoms with Crippen molar-refractivity contribution in [2.75, 3.05) is 17.4 Å². The number of ether oxygens (including phenoxy) is 2. The third-order valence-corrected chi connectivity index (χ3v) is 3.96. The van der Waals surface area contributed by atoms with Crippen LogP contribution in [0.15, 0.2) is 54.7 Å². The van der Waals surface area contributed by atoms with Crippen LogP contribution in [0.3, 0.4) is 0 Å². The van der Waals surface area contributed by atoms with E-state index in [4.69, 9.17) is 9.47 Å². The lowest BCUT2D eigenvalue weighted by atomic mass is 10.2. The minimum Gasteiger partial charge on any atom is -0.454 e. The number of aliphatic hydroxyl groups is 1. The van der Waals surface area contributed by atoms with Gasteiger partial charge in [-0.25, -0.2) is 4.98 Å². The van der Waals surface area contributed by atoms with Gasteiger partial charge < -0.3 is 25.2 Å². The molecule has 0 saturated heterocycles. The second-order valence-electron chi connectivity index (χ2n) is 5.75. The Morgan fingerprint density at radius 3 is 2.92 bits per heavy atom. The van der Waals surface area contributed by atoms with Crippen molar-refractivity contribution in [3.8, 4) is 11.5 Å². The number of benzene rings is 2. The van der Waals surface area contributed by atoms with E-state index in [-0.39, 0.29) is 13.4 Å². The molecule has 0 atom stereocenters. The van der Waals surface area contributed by atoms with Crippen molar-refractivity contribution < 1.29 is 14.6 Å². The van der Waals surface area contributed by atoms with Crippen LogP contribution in [0.2, 0.25) is 0 Å². The molecule has 0 spiro atoms. The number of aromatic nitrogens is 2. The molecule has 0 unspecified atom stereocenters. The van der Waals surface area contributed by atoms with Crippen LogP contribution in [0.5, 0.6) is 11.5 Å². The minimum absolute atomic E-state index is 0.00877. The van der Waals surface area contributed by atoms with E-state index in [1.54, 1.807) is 12.3 Å². The van der Waals surface area contributed by atoms with Crippen LogP contribution >= 0.6 is 0 Å². The molecular formula is C19H18N4O3. The molecule has 3 aromatic rings. The highest BCUT2D eigenvalue weighted by Gasteiger charge is 2.16. The molecule has 0 saturated carbocycles. The number of hydrogen-bond donors (Lipinski definition) is 3. The summed E-state index contributed by atoms with van der Waals surface area (Å²) in [6.45, 7) is 0.801. The monoisotopic (exact) mass is 350 g/mol. The molecule has 0 aliphatic carbocycles. The zero-order valence-electron chi connectivity index (χ0n) is 14.0. The van der Waals surface area contributed by atoms with Crippen molar-refractivity contribution in [2.45, 2.75) is 13.2 Å². The Morgan fingerprint density at radius 2 is 2.00 bits per heavy atom. The smallest absolute Gasteiger partial charge is 0.231 e. The van der Waals surface area contributed by atoms with Gasteiger partial charge >= 0.3 is 0 Å². The maximum Gasteiger partial charge on any atom is 0.231 e. The molecule has 1 aliphatic heterocycles. The Morgan fingerprint density at radius 1 is 1.08 bits per heavy atom. The average Bonchev–Trinajstić information content (AvgIpc) is 3.16. The van der Waals surface area contributed by atoms with Crippen LogP contribution in [0, 0.1) is 0 Å². The lowest BCUT2D eigenvalue weighted by Crippen LogP contribution is -2.05. The molecule has 7 heteroatoms. The molecule has 132 valence electrons. The molecule has 3 N–H and O–H groups in total. The van der Waals surface area contributed by atoms with Gasteiger partial charge in [-0.2, -0.15) is 4.98 Å². The first kappa shape index (κ1) is 16.2. The van der Waals surface area contributed by atoms with Gasteiger partial charge in [0.15, 0.2) is 11.5 Å². The largest absolute Gasteiger partial charge is 0.454 e. The van der Waals surface area contributed by atoms with Crippen molar-refractivity contribution in [3.63, 3.8) is 0 Å². The second kappa shape index (κ2) is 7.28. The van der Waals surface area contributed by atoms with E-state index in [0.29, 0.717) is 18.3 Å². The zero-order valence-corrected chi connectivity index (χ0v) is 14.0. The summed E-state index contributed by atoms with van der Waals surface area (Å²) < 4.78 is 10.9. The van der Waals surface area contributed by atoms with E-state index in [1.165, 1.54) is 0 Å². The predicted octanol–water partition coefficient (Wildman–Crippen LogP) is 3.05. The van der Waals surface area contributed by atoms with Gasteiger partial charge in [0.2, 0.25) is 12.7 Å². The van der Waals surface area contributed by atoms with E-state index in [1.807, 2.05) is 42.5 Å². The summed E-state index contributed by atoms with van der Waals surface area (Å²) in [6.07, 6.45) is 1.68. The molecule has 7 nitrogen and oxygen atoms in total. The summed E-state index contributed by atoms with van der Waals surface area (Å²) in [7, 11) is 0. The van der Waals surface area contributed by atoms with E-state index in [2.05, 4.69) is 20.6 Å². The molecule has 1 aromatic heterocycles. The van der Waals surface area contributed by atoms with Gasteiger partial charge in [-0.15, -0.1) is 0 Å². The fourth-order valence-corrected chi connectivity index (χ4v) is 2.71. The molecular weight excluding hydrogens is 332 g/mol. The third kappa shape index (κ3) is 3.52. The maximum atomic E-state index is 9.23. The Bertz CT molecular complexity index is 917. The Kier molecular flexibility index (Phi) is 4.53. The van der Waals surface area contributed by atoms with Gasteiger partial charge in [0.05, 0.1) is 6.61 Å². The standard InChI is InChI=1S/C19H18N4O3/c24-11-13-3-1-5-15(9-13)22-19-20-8-7-17(23-19)21-10-14-4-2-6-16-18(14)26-12-25-16/h1-9,24H,10-12H2,(H2,20,21,22,23). The lowest BCUT2D eigenvalue weighted by Gasteiger charge is -2.10. The summed E-state index contributed by atoms with van der Waals surface area (Å²) in [6, 6.07) is 15.1. The molecule has 0 fully saturated rings. The molecule has 2 aromatic carbocycles. The number of anilines is 3. The number of aliphatic hydroxyl groups excluding tert-OH is 1. The van der Waals surface area contributed by atoms with Gasteiger partial charge in [0.1, 0.15) is 5.82 Å². The number of nitrogens with one attached hydrogen (secondary N) is 2.